The maximum absolute atomic E-state index is 13.2. The fourth-order valence-corrected chi connectivity index (χ4v) is 3.73. The predicted molar refractivity (Wildman–Crippen MR) is 83.0 cm³/mol. The monoisotopic (exact) mass is 358 g/mol. The lowest BCUT2D eigenvalue weighted by Crippen LogP contribution is -2.27. The van der Waals surface area contributed by atoms with Gasteiger partial charge in [-0.3, -0.25) is 0 Å². The largest absolute Gasteiger partial charge is 0.241 e. The molecule has 2 aromatic carbocycles. The van der Waals surface area contributed by atoms with E-state index in [0.29, 0.717) is 5.56 Å². The van der Waals surface area contributed by atoms with E-state index in [2.05, 4.69) is 4.72 Å². The first-order valence-electron chi connectivity index (χ1n) is 6.50. The van der Waals surface area contributed by atoms with Crippen molar-refractivity contribution >= 4 is 20.0 Å². The topological polar surface area (TPSA) is 106 Å². The first-order valence-corrected chi connectivity index (χ1v) is 9.53. The molecule has 0 amide bonds. The fraction of sp³-hybridized carbons (Fsp3) is 0.143. The molecule has 0 radical (unpaired) electrons. The number of hydrogen-bond donors (Lipinski definition) is 2. The number of nitrogens with two attached hydrogens (primary N) is 1. The van der Waals surface area contributed by atoms with Crippen molar-refractivity contribution < 1.29 is 21.2 Å². The van der Waals surface area contributed by atoms with Crippen molar-refractivity contribution in [2.24, 2.45) is 5.14 Å². The van der Waals surface area contributed by atoms with E-state index >= 15 is 0 Å². The number of primary sulfonamides is 1. The molecule has 0 aliphatic rings. The van der Waals surface area contributed by atoms with Crippen molar-refractivity contribution in [1.82, 2.24) is 4.72 Å². The number of halogens is 1. The maximum Gasteiger partial charge on any atom is 0.241 e. The van der Waals surface area contributed by atoms with Gasteiger partial charge in [-0.25, -0.2) is 31.1 Å². The van der Waals surface area contributed by atoms with E-state index in [1.807, 2.05) is 0 Å². The molecule has 0 saturated carbocycles. The highest BCUT2D eigenvalue weighted by atomic mass is 32.2. The molecule has 23 heavy (non-hydrogen) atoms. The summed E-state index contributed by atoms with van der Waals surface area (Å²) < 4.78 is 62.3. The van der Waals surface area contributed by atoms with Crippen LogP contribution in [-0.2, 0) is 20.0 Å². The highest BCUT2D eigenvalue weighted by molar-refractivity contribution is 7.89. The Hall–Kier alpha value is -1.81. The predicted octanol–water partition coefficient (Wildman–Crippen LogP) is 1.51. The van der Waals surface area contributed by atoms with Gasteiger partial charge in [-0.2, -0.15) is 0 Å². The summed E-state index contributed by atoms with van der Waals surface area (Å²) in [7, 11) is -7.71. The molecule has 0 fully saturated rings. The Balaban J connectivity index is 2.23. The van der Waals surface area contributed by atoms with Crippen LogP contribution in [0.2, 0.25) is 0 Å². The highest BCUT2D eigenvalue weighted by Crippen LogP contribution is 2.19. The molecule has 2 aromatic rings. The first-order chi connectivity index (χ1) is 10.6. The number of nitrogens with one attached hydrogen (secondary N) is 1. The van der Waals surface area contributed by atoms with Crippen molar-refractivity contribution in [3.05, 3.63) is 59.9 Å². The van der Waals surface area contributed by atoms with Crippen molar-refractivity contribution in [3.63, 3.8) is 0 Å². The van der Waals surface area contributed by atoms with E-state index in [9.17, 15) is 21.2 Å². The van der Waals surface area contributed by atoms with Gasteiger partial charge in [0.2, 0.25) is 20.0 Å². The van der Waals surface area contributed by atoms with Gasteiger partial charge in [0.1, 0.15) is 5.82 Å². The Morgan fingerprint density at radius 1 is 1.00 bits per heavy atom. The molecule has 0 aromatic heterocycles. The molecule has 0 heterocycles. The zero-order valence-corrected chi connectivity index (χ0v) is 13.7. The summed E-state index contributed by atoms with van der Waals surface area (Å²) in [5.74, 6) is -0.655. The molecule has 0 aliphatic carbocycles. The van der Waals surface area contributed by atoms with Gasteiger partial charge < -0.3 is 0 Å². The summed E-state index contributed by atoms with van der Waals surface area (Å²) in [5.41, 5.74) is 0.539. The fourth-order valence-electron chi connectivity index (χ4n) is 1.95. The molecular weight excluding hydrogens is 343 g/mol. The average Bonchev–Trinajstić information content (AvgIpc) is 2.46. The Kier molecular flexibility index (Phi) is 4.85. The van der Waals surface area contributed by atoms with Crippen LogP contribution in [0.1, 0.15) is 18.5 Å². The number of sulfonamides is 2. The van der Waals surface area contributed by atoms with E-state index in [4.69, 9.17) is 5.14 Å². The smallest absolute Gasteiger partial charge is 0.225 e. The highest BCUT2D eigenvalue weighted by Gasteiger charge is 2.19. The van der Waals surface area contributed by atoms with Crippen LogP contribution in [0.5, 0.6) is 0 Å². The zero-order chi connectivity index (χ0) is 17.3. The van der Waals surface area contributed by atoms with Crippen molar-refractivity contribution in [2.75, 3.05) is 0 Å². The van der Waals surface area contributed by atoms with Crippen LogP contribution in [0.15, 0.2) is 58.3 Å². The van der Waals surface area contributed by atoms with Crippen LogP contribution in [0.3, 0.4) is 0 Å². The van der Waals surface area contributed by atoms with E-state index in [1.54, 1.807) is 6.92 Å². The molecule has 0 bridgehead atoms. The van der Waals surface area contributed by atoms with Gasteiger partial charge in [0, 0.05) is 6.04 Å². The molecular formula is C14H15FN2O4S2. The minimum Gasteiger partial charge on any atom is -0.225 e. The van der Waals surface area contributed by atoms with Gasteiger partial charge >= 0.3 is 0 Å². The Labute approximate surface area is 134 Å². The third kappa shape index (κ3) is 4.35. The summed E-state index contributed by atoms with van der Waals surface area (Å²) in [6, 6.07) is 9.50. The second-order valence-electron chi connectivity index (χ2n) is 4.91. The molecule has 0 aliphatic heterocycles. The second kappa shape index (κ2) is 6.36. The van der Waals surface area contributed by atoms with Gasteiger partial charge in [0.25, 0.3) is 0 Å². The molecule has 0 saturated heterocycles. The van der Waals surface area contributed by atoms with E-state index in [0.717, 1.165) is 12.1 Å². The molecule has 1 atom stereocenters. The van der Waals surface area contributed by atoms with Crippen LogP contribution in [0.25, 0.3) is 0 Å². The third-order valence-corrected chi connectivity index (χ3v) is 5.61. The first kappa shape index (κ1) is 17.5. The maximum atomic E-state index is 13.2. The summed E-state index contributed by atoms with van der Waals surface area (Å²) in [6.45, 7) is 1.59. The van der Waals surface area contributed by atoms with Gasteiger partial charge in [0.05, 0.1) is 9.79 Å². The summed E-state index contributed by atoms with van der Waals surface area (Å²) >= 11 is 0. The molecule has 0 spiro atoms. The van der Waals surface area contributed by atoms with E-state index in [-0.39, 0.29) is 9.79 Å². The molecule has 6 nitrogen and oxygen atoms in total. The zero-order valence-electron chi connectivity index (χ0n) is 12.1. The Bertz CT molecular complexity index is 910. The standard InChI is InChI=1S/C14H15FN2O4S2/c1-10(11-5-7-13(8-6-11)22(16,18)19)17-23(20,21)14-4-2-3-12(15)9-14/h2-10,17H,1H3,(H2,16,18,19)/t10-/m1/s1. The minimum atomic E-state index is -3.90. The van der Waals surface area contributed by atoms with Crippen molar-refractivity contribution in [3.8, 4) is 0 Å². The van der Waals surface area contributed by atoms with Gasteiger partial charge in [-0.05, 0) is 42.8 Å². The Morgan fingerprint density at radius 3 is 2.13 bits per heavy atom. The van der Waals surface area contributed by atoms with E-state index < -0.39 is 31.9 Å². The second-order valence-corrected chi connectivity index (χ2v) is 8.19. The average molecular weight is 358 g/mol. The SMILES string of the molecule is C[C@@H](NS(=O)(=O)c1cccc(F)c1)c1ccc(S(N)(=O)=O)cc1. The minimum absolute atomic E-state index is 0.0681. The van der Waals surface area contributed by atoms with Crippen LogP contribution in [-0.4, -0.2) is 16.8 Å². The van der Waals surface area contributed by atoms with Crippen molar-refractivity contribution in [1.29, 1.82) is 0 Å². The number of benzene rings is 2. The molecule has 0 unspecified atom stereocenters. The van der Waals surface area contributed by atoms with Crippen molar-refractivity contribution in [2.45, 2.75) is 22.8 Å². The summed E-state index contributed by atoms with van der Waals surface area (Å²) in [6.07, 6.45) is 0. The van der Waals surface area contributed by atoms with Crippen LogP contribution in [0, 0.1) is 5.82 Å². The van der Waals surface area contributed by atoms with Gasteiger partial charge in [0.15, 0.2) is 0 Å². The normalized spacial score (nSPS) is 13.7. The summed E-state index contributed by atoms with van der Waals surface area (Å²) in [5, 5.41) is 5.00. The number of rotatable bonds is 5. The molecule has 3 N–H and O–H groups in total. The van der Waals surface area contributed by atoms with Gasteiger partial charge in [-0.15, -0.1) is 0 Å². The van der Waals surface area contributed by atoms with Gasteiger partial charge in [-0.1, -0.05) is 18.2 Å². The third-order valence-electron chi connectivity index (χ3n) is 3.15. The number of hydrogen-bond acceptors (Lipinski definition) is 4. The molecule has 124 valence electrons. The van der Waals surface area contributed by atoms with Crippen LogP contribution < -0.4 is 9.86 Å². The van der Waals surface area contributed by atoms with E-state index in [1.165, 1.54) is 36.4 Å². The lowest BCUT2D eigenvalue weighted by atomic mass is 10.1. The molecule has 9 heteroatoms. The lowest BCUT2D eigenvalue weighted by Gasteiger charge is -2.15. The van der Waals surface area contributed by atoms with Crippen LogP contribution in [0.4, 0.5) is 4.39 Å². The summed E-state index contributed by atoms with van der Waals surface area (Å²) in [4.78, 5) is -0.257. The Morgan fingerprint density at radius 2 is 1.61 bits per heavy atom. The van der Waals surface area contributed by atoms with Crippen LogP contribution >= 0.6 is 0 Å². The molecule has 2 rings (SSSR count). The quantitative estimate of drug-likeness (QED) is 0.845. The lowest BCUT2D eigenvalue weighted by molar-refractivity contribution is 0.563.